The molecule has 0 aliphatic rings. The van der Waals surface area contributed by atoms with E-state index in [1.807, 2.05) is 0 Å². The van der Waals surface area contributed by atoms with Gasteiger partial charge >= 0.3 is 5.97 Å². The lowest BCUT2D eigenvalue weighted by Gasteiger charge is -2.29. The number of carbonyl (C=O) groups is 8. The molecule has 0 aromatic heterocycles. The lowest BCUT2D eigenvalue weighted by Crippen LogP contribution is -2.63. The van der Waals surface area contributed by atoms with Gasteiger partial charge in [0.1, 0.15) is 59.5 Å². The molecule has 0 radical (unpaired) electrons. The van der Waals surface area contributed by atoms with E-state index >= 15 is 0 Å². The van der Waals surface area contributed by atoms with Crippen LogP contribution in [0.25, 0.3) is 0 Å². The molecule has 0 saturated carbocycles. The van der Waals surface area contributed by atoms with E-state index in [1.54, 1.807) is 30.3 Å². The predicted octanol–water partition coefficient (Wildman–Crippen LogP) is -2.74. The monoisotopic (exact) mass is 1000 g/mol. The normalized spacial score (nSPS) is 14.8. The number of hydrogen-bond acceptors (Lipinski definition) is 15. The summed E-state index contributed by atoms with van der Waals surface area (Å²) in [5, 5.41) is 87.6. The van der Waals surface area contributed by atoms with Gasteiger partial charge in [0.25, 0.3) is 0 Å². The van der Waals surface area contributed by atoms with E-state index in [1.165, 1.54) is 79.7 Å². The third-order valence-corrected chi connectivity index (χ3v) is 11.1. The van der Waals surface area contributed by atoms with Crippen molar-refractivity contribution in [3.8, 4) is 17.2 Å². The number of aliphatic hydroxyl groups is 3. The lowest BCUT2D eigenvalue weighted by atomic mass is 10.0. The molecular weight excluding hydrogens is 941 g/mol. The zero-order chi connectivity index (χ0) is 53.1. The summed E-state index contributed by atoms with van der Waals surface area (Å²) in [5.41, 5.74) is 7.28. The average molecular weight is 1000 g/mol. The topological polar surface area (TPSA) is 388 Å². The zero-order valence-corrected chi connectivity index (χ0v) is 39.2. The van der Waals surface area contributed by atoms with Gasteiger partial charge in [0.15, 0.2) is 0 Å². The van der Waals surface area contributed by atoms with Gasteiger partial charge in [0, 0.05) is 25.7 Å². The second-order valence-corrected chi connectivity index (χ2v) is 16.8. The first kappa shape index (κ1) is 56.5. The fraction of sp³-hybridized carbons (Fsp3) is 0.347. The van der Waals surface area contributed by atoms with Crippen molar-refractivity contribution in [1.82, 2.24) is 37.2 Å². The lowest BCUT2D eigenvalue weighted by molar-refractivity contribution is -0.142. The van der Waals surface area contributed by atoms with Gasteiger partial charge in [-0.05, 0) is 72.5 Å². The molecule has 0 aliphatic carbocycles. The summed E-state index contributed by atoms with van der Waals surface area (Å²) in [5.74, 6) is -8.84. The minimum Gasteiger partial charge on any atom is -0.508 e. The highest BCUT2D eigenvalue weighted by atomic mass is 16.4. The number of amides is 7. The third-order valence-electron chi connectivity index (χ3n) is 11.1. The smallest absolute Gasteiger partial charge is 0.326 e. The molecule has 9 atom stereocenters. The maximum Gasteiger partial charge on any atom is 0.326 e. The Bertz CT molecular complexity index is 2480. The van der Waals surface area contributed by atoms with E-state index in [2.05, 4.69) is 37.2 Å². The van der Waals surface area contributed by atoms with Crippen LogP contribution in [0.15, 0.2) is 103 Å². The first-order chi connectivity index (χ1) is 34.2. The van der Waals surface area contributed by atoms with Crippen LogP contribution in [0.1, 0.15) is 36.1 Å². The Morgan fingerprint density at radius 3 is 1.10 bits per heavy atom. The number of aliphatic hydroxyl groups excluding tert-OH is 3. The number of aromatic hydroxyl groups is 3. The average Bonchev–Trinajstić information content (AvgIpc) is 3.34. The first-order valence-corrected chi connectivity index (χ1v) is 22.6. The number of phenolic OH excluding ortho intramolecular Hbond substituents is 3. The van der Waals surface area contributed by atoms with Crippen molar-refractivity contribution in [1.29, 1.82) is 0 Å². The number of nitrogens with one attached hydrogen (secondary N) is 7. The standard InChI is InChI=1S/C49H60N8O15/c1-26(59)41(56-44(66)35(51-40(64)24-50)21-29-8-14-32(61)15-9-29)47(69)53-37(20-28-6-4-3-5-7-28)45(67)57-42(27(2)60)48(70)55-39(25-58)46(68)52-36(22-30-10-16-33(62)17-11-30)43(65)54-38(49(71)72)23-31-12-18-34(63)19-13-31/h3-19,26-27,35-39,41-42,58-63H,20-25,50H2,1-2H3,(H,51,64)(H,52,68)(H,53,69)(H,54,65)(H,55,70)(H,56,66)(H,57,67)(H,71,72)/t26-,27-,35+,36+,37+,38+,39+,41+,42+/m1/s1. The maximum atomic E-state index is 14.1. The Morgan fingerprint density at radius 1 is 0.431 bits per heavy atom. The van der Waals surface area contributed by atoms with E-state index in [0.717, 1.165) is 6.92 Å². The minimum absolute atomic E-state index is 0.0571. The fourth-order valence-electron chi connectivity index (χ4n) is 7.11. The predicted molar refractivity (Wildman–Crippen MR) is 256 cm³/mol. The molecule has 23 heteroatoms. The number of carbonyl (C=O) groups excluding carboxylic acids is 7. The van der Waals surface area contributed by atoms with Crippen LogP contribution in [0, 0.1) is 0 Å². The number of carboxylic acid groups (broad SMARTS) is 1. The van der Waals surface area contributed by atoms with Crippen LogP contribution in [-0.2, 0) is 64.0 Å². The van der Waals surface area contributed by atoms with Gasteiger partial charge in [0.05, 0.1) is 25.4 Å². The number of rotatable bonds is 26. The van der Waals surface area contributed by atoms with Crippen LogP contribution >= 0.6 is 0 Å². The van der Waals surface area contributed by atoms with Crippen LogP contribution in [0.3, 0.4) is 0 Å². The van der Waals surface area contributed by atoms with Crippen LogP contribution in [-0.4, -0.2) is 151 Å². The Hall–Kier alpha value is -8.12. The molecule has 16 N–H and O–H groups in total. The third kappa shape index (κ3) is 17.7. The molecule has 0 bridgehead atoms. The van der Waals surface area contributed by atoms with Crippen molar-refractivity contribution in [2.75, 3.05) is 13.2 Å². The van der Waals surface area contributed by atoms with Gasteiger partial charge in [0.2, 0.25) is 41.4 Å². The molecule has 72 heavy (non-hydrogen) atoms. The molecule has 4 rings (SSSR count). The van der Waals surface area contributed by atoms with Crippen LogP contribution in [0.5, 0.6) is 17.2 Å². The van der Waals surface area contributed by atoms with Crippen LogP contribution in [0.2, 0.25) is 0 Å². The molecule has 0 spiro atoms. The first-order valence-electron chi connectivity index (χ1n) is 22.6. The maximum absolute atomic E-state index is 14.1. The molecule has 4 aromatic rings. The summed E-state index contributed by atoms with van der Waals surface area (Å²) >= 11 is 0. The second kappa shape index (κ2) is 27.3. The molecule has 0 unspecified atom stereocenters. The van der Waals surface area contributed by atoms with Crippen molar-refractivity contribution >= 4 is 47.3 Å². The van der Waals surface area contributed by atoms with Crippen LogP contribution in [0.4, 0.5) is 0 Å². The van der Waals surface area contributed by atoms with Crippen molar-refractivity contribution in [2.45, 2.75) is 94.0 Å². The summed E-state index contributed by atoms with van der Waals surface area (Å²) in [6.07, 6.45) is -4.16. The highest BCUT2D eigenvalue weighted by molar-refractivity contribution is 5.98. The Balaban J connectivity index is 1.53. The molecule has 0 aliphatic heterocycles. The number of nitrogens with two attached hydrogens (primary N) is 1. The van der Waals surface area contributed by atoms with Crippen LogP contribution < -0.4 is 43.0 Å². The molecule has 23 nitrogen and oxygen atoms in total. The number of phenols is 3. The van der Waals surface area contributed by atoms with Gasteiger partial charge in [-0.3, -0.25) is 33.6 Å². The van der Waals surface area contributed by atoms with Gasteiger partial charge in [-0.2, -0.15) is 0 Å². The minimum atomic E-state index is -1.87. The Morgan fingerprint density at radius 2 is 0.736 bits per heavy atom. The number of benzene rings is 4. The zero-order valence-electron chi connectivity index (χ0n) is 39.2. The van der Waals surface area contributed by atoms with Gasteiger partial charge in [-0.15, -0.1) is 0 Å². The number of aliphatic carboxylic acids is 1. The van der Waals surface area contributed by atoms with Crippen molar-refractivity contribution < 1.29 is 74.1 Å². The summed E-state index contributed by atoms with van der Waals surface area (Å²) in [6, 6.07) is 13.5. The van der Waals surface area contributed by atoms with Gasteiger partial charge < -0.3 is 78.7 Å². The second-order valence-electron chi connectivity index (χ2n) is 16.8. The highest BCUT2D eigenvalue weighted by Gasteiger charge is 2.36. The highest BCUT2D eigenvalue weighted by Crippen LogP contribution is 2.16. The van der Waals surface area contributed by atoms with Crippen molar-refractivity contribution in [3.63, 3.8) is 0 Å². The van der Waals surface area contributed by atoms with E-state index < -0.39 is 115 Å². The quantitative estimate of drug-likeness (QED) is 0.0304. The summed E-state index contributed by atoms with van der Waals surface area (Å²) in [6.45, 7) is 0.725. The van der Waals surface area contributed by atoms with E-state index in [4.69, 9.17) is 5.73 Å². The molecule has 7 amide bonds. The SMILES string of the molecule is C[C@@H](O)[C@H](NC(=O)[C@H](Cc1ccccc1)NC(=O)[C@@H](NC(=O)[C@H](Cc1ccc(O)cc1)NC(=O)CN)[C@@H](C)O)C(=O)N[C@@H](CO)C(=O)N[C@@H](Cc1ccc(O)cc1)C(=O)N[C@@H](Cc1ccc(O)cc1)C(=O)O. The van der Waals surface area contributed by atoms with E-state index in [9.17, 15) is 74.1 Å². The Labute approximate surface area is 413 Å². The molecular formula is C49H60N8O15. The fourth-order valence-corrected chi connectivity index (χ4v) is 7.11. The van der Waals surface area contributed by atoms with Crippen molar-refractivity contribution in [2.24, 2.45) is 5.73 Å². The molecule has 386 valence electrons. The van der Waals surface area contributed by atoms with E-state index in [-0.39, 0.29) is 42.9 Å². The van der Waals surface area contributed by atoms with Crippen molar-refractivity contribution in [3.05, 3.63) is 125 Å². The Kier molecular flexibility index (Phi) is 21.4. The molecule has 0 fully saturated rings. The molecule has 4 aromatic carbocycles. The number of carboxylic acids is 1. The van der Waals surface area contributed by atoms with Gasteiger partial charge in [-0.25, -0.2) is 4.79 Å². The van der Waals surface area contributed by atoms with E-state index in [0.29, 0.717) is 22.3 Å². The van der Waals surface area contributed by atoms with Gasteiger partial charge in [-0.1, -0.05) is 66.7 Å². The summed E-state index contributed by atoms with van der Waals surface area (Å²) < 4.78 is 0. The summed E-state index contributed by atoms with van der Waals surface area (Å²) in [4.78, 5) is 107. The number of hydrogen-bond donors (Lipinski definition) is 15. The largest absolute Gasteiger partial charge is 0.508 e. The molecule has 0 saturated heterocycles. The summed E-state index contributed by atoms with van der Waals surface area (Å²) in [7, 11) is 0. The molecule has 0 heterocycles.